The first-order valence-corrected chi connectivity index (χ1v) is 8.51. The SMILES string of the molecule is CCCOc1ccc(N2C(=O)C[C@H](Nc3ccc(C)cc3)C2=O)cc1. The van der Waals surface area contributed by atoms with Gasteiger partial charge in [-0.25, -0.2) is 4.90 Å². The molecule has 1 aliphatic heterocycles. The third-order valence-electron chi connectivity index (χ3n) is 4.11. The summed E-state index contributed by atoms with van der Waals surface area (Å²) < 4.78 is 5.54. The molecular weight excluding hydrogens is 316 g/mol. The van der Waals surface area contributed by atoms with Gasteiger partial charge < -0.3 is 10.1 Å². The maximum atomic E-state index is 12.7. The fourth-order valence-corrected chi connectivity index (χ4v) is 2.78. The van der Waals surface area contributed by atoms with Gasteiger partial charge in [-0.1, -0.05) is 24.6 Å². The van der Waals surface area contributed by atoms with Crippen LogP contribution in [0, 0.1) is 6.92 Å². The summed E-state index contributed by atoms with van der Waals surface area (Å²) in [4.78, 5) is 26.2. The predicted molar refractivity (Wildman–Crippen MR) is 97.9 cm³/mol. The maximum Gasteiger partial charge on any atom is 0.256 e. The number of carbonyl (C=O) groups is 2. The molecule has 0 aromatic heterocycles. The second-order valence-electron chi connectivity index (χ2n) is 6.18. The molecule has 130 valence electrons. The van der Waals surface area contributed by atoms with E-state index < -0.39 is 6.04 Å². The highest BCUT2D eigenvalue weighted by Gasteiger charge is 2.39. The zero-order valence-electron chi connectivity index (χ0n) is 14.5. The number of anilines is 2. The molecule has 5 nitrogen and oxygen atoms in total. The van der Waals surface area contributed by atoms with Crippen molar-refractivity contribution >= 4 is 23.2 Å². The molecule has 1 heterocycles. The quantitative estimate of drug-likeness (QED) is 0.819. The Labute approximate surface area is 147 Å². The van der Waals surface area contributed by atoms with Crippen LogP contribution in [0.4, 0.5) is 11.4 Å². The summed E-state index contributed by atoms with van der Waals surface area (Å²) in [6.45, 7) is 4.68. The Hall–Kier alpha value is -2.82. The number of benzene rings is 2. The molecule has 5 heteroatoms. The van der Waals surface area contributed by atoms with E-state index in [-0.39, 0.29) is 18.2 Å². The van der Waals surface area contributed by atoms with Gasteiger partial charge in [0, 0.05) is 5.69 Å². The van der Waals surface area contributed by atoms with Crippen LogP contribution in [0.15, 0.2) is 48.5 Å². The lowest BCUT2D eigenvalue weighted by Crippen LogP contribution is -2.34. The van der Waals surface area contributed by atoms with E-state index in [2.05, 4.69) is 5.32 Å². The lowest BCUT2D eigenvalue weighted by atomic mass is 10.2. The average Bonchev–Trinajstić information content (AvgIpc) is 2.89. The molecule has 3 rings (SSSR count). The van der Waals surface area contributed by atoms with E-state index >= 15 is 0 Å². The number of nitrogens with zero attached hydrogens (tertiary/aromatic N) is 1. The minimum atomic E-state index is -0.536. The normalized spacial score (nSPS) is 17.0. The van der Waals surface area contributed by atoms with Gasteiger partial charge in [0.1, 0.15) is 11.8 Å². The molecule has 1 fully saturated rings. The predicted octanol–water partition coefficient (Wildman–Crippen LogP) is 3.53. The second kappa shape index (κ2) is 7.38. The number of carbonyl (C=O) groups excluding carboxylic acids is 2. The van der Waals surface area contributed by atoms with E-state index in [1.165, 1.54) is 4.90 Å². The topological polar surface area (TPSA) is 58.6 Å². The molecule has 25 heavy (non-hydrogen) atoms. The molecule has 1 atom stereocenters. The van der Waals surface area contributed by atoms with Gasteiger partial charge in [-0.2, -0.15) is 0 Å². The molecule has 0 unspecified atom stereocenters. The van der Waals surface area contributed by atoms with Crippen LogP contribution in [0.2, 0.25) is 0 Å². The highest BCUT2D eigenvalue weighted by atomic mass is 16.5. The summed E-state index contributed by atoms with van der Waals surface area (Å²) >= 11 is 0. The lowest BCUT2D eigenvalue weighted by Gasteiger charge is -2.16. The second-order valence-corrected chi connectivity index (χ2v) is 6.18. The number of nitrogens with one attached hydrogen (secondary N) is 1. The molecular formula is C20H22N2O3. The molecule has 1 saturated heterocycles. The number of rotatable bonds is 6. The number of ether oxygens (including phenoxy) is 1. The third kappa shape index (κ3) is 3.82. The van der Waals surface area contributed by atoms with Crippen molar-refractivity contribution in [3.63, 3.8) is 0 Å². The van der Waals surface area contributed by atoms with Crippen molar-refractivity contribution in [1.82, 2.24) is 0 Å². The molecule has 2 aromatic carbocycles. The first-order chi connectivity index (χ1) is 12.1. The highest BCUT2D eigenvalue weighted by Crippen LogP contribution is 2.27. The molecule has 0 spiro atoms. The van der Waals surface area contributed by atoms with Crippen LogP contribution >= 0.6 is 0 Å². The third-order valence-corrected chi connectivity index (χ3v) is 4.11. The van der Waals surface area contributed by atoms with Crippen LogP contribution in [0.5, 0.6) is 5.75 Å². The molecule has 0 radical (unpaired) electrons. The molecule has 1 N–H and O–H groups in total. The molecule has 2 aromatic rings. The van der Waals surface area contributed by atoms with Gasteiger partial charge in [0.25, 0.3) is 5.91 Å². The first-order valence-electron chi connectivity index (χ1n) is 8.51. The zero-order chi connectivity index (χ0) is 17.8. The van der Waals surface area contributed by atoms with Gasteiger partial charge in [-0.15, -0.1) is 0 Å². The lowest BCUT2D eigenvalue weighted by molar-refractivity contribution is -0.121. The largest absolute Gasteiger partial charge is 0.494 e. The summed E-state index contributed by atoms with van der Waals surface area (Å²) in [6.07, 6.45) is 1.08. The molecule has 0 saturated carbocycles. The Morgan fingerprint density at radius 3 is 2.40 bits per heavy atom. The van der Waals surface area contributed by atoms with Gasteiger partial charge in [0.15, 0.2) is 0 Å². The highest BCUT2D eigenvalue weighted by molar-refractivity contribution is 6.23. The van der Waals surface area contributed by atoms with Crippen LogP contribution in [0.1, 0.15) is 25.3 Å². The summed E-state index contributed by atoms with van der Waals surface area (Å²) in [5.74, 6) is 0.309. The molecule has 0 aliphatic carbocycles. The number of hydrogen-bond acceptors (Lipinski definition) is 4. The molecule has 2 amide bonds. The van der Waals surface area contributed by atoms with E-state index in [9.17, 15) is 9.59 Å². The number of aryl methyl sites for hydroxylation is 1. The zero-order valence-corrected chi connectivity index (χ0v) is 14.5. The van der Waals surface area contributed by atoms with Crippen molar-refractivity contribution in [3.05, 3.63) is 54.1 Å². The Balaban J connectivity index is 1.71. The molecule has 0 bridgehead atoms. The van der Waals surface area contributed by atoms with Gasteiger partial charge in [0.05, 0.1) is 18.7 Å². The fraction of sp³-hybridized carbons (Fsp3) is 0.300. The first kappa shape index (κ1) is 17.0. The smallest absolute Gasteiger partial charge is 0.256 e. The minimum Gasteiger partial charge on any atom is -0.494 e. The monoisotopic (exact) mass is 338 g/mol. The van der Waals surface area contributed by atoms with Crippen molar-refractivity contribution in [3.8, 4) is 5.75 Å². The Morgan fingerprint density at radius 2 is 1.76 bits per heavy atom. The average molecular weight is 338 g/mol. The minimum absolute atomic E-state index is 0.154. The molecule has 1 aliphatic rings. The Bertz CT molecular complexity index is 754. The van der Waals surface area contributed by atoms with E-state index in [1.807, 2.05) is 38.1 Å². The van der Waals surface area contributed by atoms with E-state index in [4.69, 9.17) is 4.74 Å². The van der Waals surface area contributed by atoms with Crippen LogP contribution in [0.25, 0.3) is 0 Å². The summed E-state index contributed by atoms with van der Waals surface area (Å²) in [7, 11) is 0. The van der Waals surface area contributed by atoms with Crippen molar-refractivity contribution in [2.24, 2.45) is 0 Å². The Morgan fingerprint density at radius 1 is 1.08 bits per heavy atom. The summed E-state index contributed by atoms with van der Waals surface area (Å²) in [5, 5.41) is 3.15. The summed E-state index contributed by atoms with van der Waals surface area (Å²) in [6, 6.07) is 14.3. The van der Waals surface area contributed by atoms with Gasteiger partial charge in [-0.05, 0) is 49.7 Å². The van der Waals surface area contributed by atoms with Crippen LogP contribution in [0.3, 0.4) is 0 Å². The fourth-order valence-electron chi connectivity index (χ4n) is 2.78. The summed E-state index contributed by atoms with van der Waals surface area (Å²) in [5.41, 5.74) is 2.56. The van der Waals surface area contributed by atoms with Crippen molar-refractivity contribution in [1.29, 1.82) is 0 Å². The number of hydrogen-bond donors (Lipinski definition) is 1. The maximum absolute atomic E-state index is 12.7. The number of amides is 2. The van der Waals surface area contributed by atoms with E-state index in [0.29, 0.717) is 12.3 Å². The van der Waals surface area contributed by atoms with Gasteiger partial charge in [-0.3, -0.25) is 9.59 Å². The van der Waals surface area contributed by atoms with Crippen molar-refractivity contribution in [2.75, 3.05) is 16.8 Å². The van der Waals surface area contributed by atoms with Crippen molar-refractivity contribution in [2.45, 2.75) is 32.7 Å². The van der Waals surface area contributed by atoms with Crippen LogP contribution < -0.4 is 15.0 Å². The standard InChI is InChI=1S/C20H22N2O3/c1-3-12-25-17-10-8-16(9-11-17)22-19(23)13-18(20(22)24)21-15-6-4-14(2)5-7-15/h4-11,18,21H,3,12-13H2,1-2H3/t18-/m0/s1. The Kier molecular flexibility index (Phi) is 5.03. The number of imide groups is 1. The van der Waals surface area contributed by atoms with Gasteiger partial charge in [0.2, 0.25) is 5.91 Å². The van der Waals surface area contributed by atoms with Crippen molar-refractivity contribution < 1.29 is 14.3 Å². The van der Waals surface area contributed by atoms with Gasteiger partial charge >= 0.3 is 0 Å². The van der Waals surface area contributed by atoms with E-state index in [0.717, 1.165) is 23.4 Å². The van der Waals surface area contributed by atoms with Crippen LogP contribution in [-0.4, -0.2) is 24.5 Å². The van der Waals surface area contributed by atoms with Crippen LogP contribution in [-0.2, 0) is 9.59 Å². The van der Waals surface area contributed by atoms with E-state index in [1.54, 1.807) is 24.3 Å².